The monoisotopic (exact) mass is 449 g/mol. The van der Waals surface area contributed by atoms with Crippen molar-refractivity contribution in [1.82, 2.24) is 0 Å². The molecule has 0 radical (unpaired) electrons. The molecule has 0 aliphatic heterocycles. The van der Waals surface area contributed by atoms with Gasteiger partial charge < -0.3 is 4.74 Å². The predicted molar refractivity (Wildman–Crippen MR) is 127 cm³/mol. The van der Waals surface area contributed by atoms with Crippen LogP contribution >= 0.6 is 11.8 Å². The second-order valence-corrected chi connectivity index (χ2v) is 8.22. The lowest BCUT2D eigenvalue weighted by molar-refractivity contribution is 0.0276. The number of hydrogen-bond acceptors (Lipinski definition) is 5. The minimum atomic E-state index is -1.08. The first-order valence-electron chi connectivity index (χ1n) is 10.3. The predicted octanol–water partition coefficient (Wildman–Crippen LogP) is 6.49. The molecule has 0 aliphatic rings. The van der Waals surface area contributed by atoms with Crippen molar-refractivity contribution in [3.8, 4) is 6.07 Å². The van der Waals surface area contributed by atoms with E-state index < -0.39 is 12.1 Å². The van der Waals surface area contributed by atoms with E-state index in [9.17, 15) is 14.9 Å². The zero-order chi connectivity index (χ0) is 23.0. The van der Waals surface area contributed by atoms with Crippen LogP contribution in [0.2, 0.25) is 0 Å². The second kappa shape index (κ2) is 10.4. The van der Waals surface area contributed by atoms with Crippen molar-refractivity contribution in [2.24, 2.45) is 0 Å². The van der Waals surface area contributed by atoms with Crippen molar-refractivity contribution in [2.45, 2.75) is 15.9 Å². The molecule has 5 heteroatoms. The Morgan fingerprint density at radius 3 is 2.00 bits per heavy atom. The van der Waals surface area contributed by atoms with Crippen molar-refractivity contribution in [3.63, 3.8) is 0 Å². The number of nitrogens with zero attached hydrogens (tertiary/aromatic N) is 1. The van der Waals surface area contributed by atoms with Gasteiger partial charge >= 0.3 is 5.97 Å². The normalized spacial score (nSPS) is 11.2. The number of rotatable bonds is 7. The molecular weight excluding hydrogens is 430 g/mol. The van der Waals surface area contributed by atoms with Gasteiger partial charge in [0.2, 0.25) is 5.78 Å². The number of esters is 1. The molecule has 33 heavy (non-hydrogen) atoms. The van der Waals surface area contributed by atoms with Gasteiger partial charge in [0.25, 0.3) is 0 Å². The van der Waals surface area contributed by atoms with Crippen LogP contribution in [0.15, 0.2) is 119 Å². The zero-order valence-corrected chi connectivity index (χ0v) is 18.4. The molecule has 0 heterocycles. The molecule has 0 saturated carbocycles. The molecule has 0 amide bonds. The van der Waals surface area contributed by atoms with Crippen LogP contribution in [-0.4, -0.2) is 11.8 Å². The zero-order valence-electron chi connectivity index (χ0n) is 17.5. The van der Waals surface area contributed by atoms with E-state index in [1.165, 1.54) is 11.8 Å². The summed E-state index contributed by atoms with van der Waals surface area (Å²) in [6, 6.07) is 34.1. The van der Waals surface area contributed by atoms with Crippen LogP contribution in [-0.2, 0) is 4.74 Å². The first-order chi connectivity index (χ1) is 16.2. The molecule has 0 fully saturated rings. The summed E-state index contributed by atoms with van der Waals surface area (Å²) in [6.45, 7) is 0. The van der Waals surface area contributed by atoms with E-state index in [1.54, 1.807) is 78.9 Å². The Balaban J connectivity index is 1.66. The molecule has 0 saturated heterocycles. The van der Waals surface area contributed by atoms with Crippen LogP contribution in [0.5, 0.6) is 0 Å². The molecule has 160 valence electrons. The van der Waals surface area contributed by atoms with E-state index in [0.717, 1.165) is 4.90 Å². The number of hydrogen-bond donors (Lipinski definition) is 0. The summed E-state index contributed by atoms with van der Waals surface area (Å²) in [5.41, 5.74) is 1.91. The lowest BCUT2D eigenvalue weighted by Crippen LogP contribution is -2.20. The minimum absolute atomic E-state index is 0.296. The largest absolute Gasteiger partial charge is 0.445 e. The van der Waals surface area contributed by atoms with Crippen LogP contribution in [0.25, 0.3) is 0 Å². The van der Waals surface area contributed by atoms with E-state index in [-0.39, 0.29) is 5.78 Å². The number of ketones is 1. The second-order valence-electron chi connectivity index (χ2n) is 7.13. The van der Waals surface area contributed by atoms with Crippen LogP contribution in [0.3, 0.4) is 0 Å². The molecule has 0 bridgehead atoms. The van der Waals surface area contributed by atoms with Crippen LogP contribution < -0.4 is 0 Å². The lowest BCUT2D eigenvalue weighted by Gasteiger charge is -2.18. The lowest BCUT2D eigenvalue weighted by atomic mass is 10.00. The van der Waals surface area contributed by atoms with Gasteiger partial charge in [-0.15, -0.1) is 0 Å². The smallest absolute Gasteiger partial charge is 0.340 e. The first-order valence-corrected chi connectivity index (χ1v) is 11.1. The number of benzene rings is 4. The number of carbonyl (C=O) groups is 2. The van der Waals surface area contributed by atoms with E-state index in [0.29, 0.717) is 27.1 Å². The molecule has 4 nitrogen and oxygen atoms in total. The van der Waals surface area contributed by atoms with Gasteiger partial charge in [0.15, 0.2) is 6.10 Å². The Bertz CT molecular complexity index is 1310. The van der Waals surface area contributed by atoms with Gasteiger partial charge in [-0.2, -0.15) is 5.26 Å². The summed E-state index contributed by atoms with van der Waals surface area (Å²) in [4.78, 5) is 27.9. The highest BCUT2D eigenvalue weighted by molar-refractivity contribution is 7.99. The molecule has 0 spiro atoms. The molecular formula is C28H19NO3S. The minimum Gasteiger partial charge on any atom is -0.445 e. The van der Waals surface area contributed by atoms with E-state index >= 15 is 0 Å². The van der Waals surface area contributed by atoms with Gasteiger partial charge in [-0.1, -0.05) is 96.7 Å². The van der Waals surface area contributed by atoms with Crippen molar-refractivity contribution >= 4 is 23.5 Å². The highest BCUT2D eigenvalue weighted by Gasteiger charge is 2.27. The fraction of sp³-hybridized carbons (Fsp3) is 0.0357. The number of carbonyl (C=O) groups excluding carboxylic acids is 2. The fourth-order valence-electron chi connectivity index (χ4n) is 3.32. The molecule has 0 unspecified atom stereocenters. The summed E-state index contributed by atoms with van der Waals surface area (Å²) in [5.74, 6) is -0.902. The highest BCUT2D eigenvalue weighted by atomic mass is 32.2. The molecule has 4 aromatic rings. The number of ether oxygens (including phenoxy) is 1. The third-order valence-electron chi connectivity index (χ3n) is 4.96. The van der Waals surface area contributed by atoms with Crippen molar-refractivity contribution < 1.29 is 14.3 Å². The molecule has 0 N–H and O–H groups in total. The van der Waals surface area contributed by atoms with E-state index in [4.69, 9.17) is 4.74 Å². The molecule has 0 aliphatic carbocycles. The fourth-order valence-corrected chi connectivity index (χ4v) is 4.33. The van der Waals surface area contributed by atoms with Gasteiger partial charge in [0.05, 0.1) is 11.1 Å². The Hall–Kier alpha value is -4.14. The molecule has 0 aromatic heterocycles. The topological polar surface area (TPSA) is 67.2 Å². The summed E-state index contributed by atoms with van der Waals surface area (Å²) in [7, 11) is 0. The van der Waals surface area contributed by atoms with Crippen LogP contribution in [0.4, 0.5) is 0 Å². The maximum Gasteiger partial charge on any atom is 0.340 e. The van der Waals surface area contributed by atoms with Gasteiger partial charge in [0.1, 0.15) is 6.07 Å². The molecule has 4 aromatic carbocycles. The average molecular weight is 450 g/mol. The third-order valence-corrected chi connectivity index (χ3v) is 6.11. The third kappa shape index (κ3) is 5.20. The first kappa shape index (κ1) is 22.1. The number of nitriles is 1. The molecule has 4 rings (SSSR count). The van der Waals surface area contributed by atoms with Gasteiger partial charge in [-0.3, -0.25) is 4.79 Å². The maximum atomic E-state index is 13.3. The summed E-state index contributed by atoms with van der Waals surface area (Å²) in [6.07, 6.45) is -1.08. The quantitative estimate of drug-likeness (QED) is 0.238. The Morgan fingerprint density at radius 1 is 0.727 bits per heavy atom. The van der Waals surface area contributed by atoms with Crippen molar-refractivity contribution in [2.75, 3.05) is 0 Å². The van der Waals surface area contributed by atoms with Crippen LogP contribution in [0.1, 0.15) is 37.9 Å². The highest BCUT2D eigenvalue weighted by Crippen LogP contribution is 2.34. The number of Topliss-reactive ketones (excluding diaryl/α,β-unsaturated/α-hetero) is 1. The molecule has 1 atom stereocenters. The Morgan fingerprint density at radius 2 is 1.30 bits per heavy atom. The van der Waals surface area contributed by atoms with E-state index in [2.05, 4.69) is 6.07 Å². The average Bonchev–Trinajstić information content (AvgIpc) is 2.88. The van der Waals surface area contributed by atoms with Gasteiger partial charge in [0, 0.05) is 20.9 Å². The Kier molecular flexibility index (Phi) is 6.99. The Labute approximate surface area is 196 Å². The van der Waals surface area contributed by atoms with Gasteiger partial charge in [-0.25, -0.2) is 4.79 Å². The standard InChI is InChI=1S/C28H19NO3S/c29-19-22-15-7-9-17-24(22)33-25-18-10-8-16-23(25)28(31)32-27(21-13-5-2-6-14-21)26(30)20-11-3-1-4-12-20/h1-18,27H/t27-/m1/s1. The summed E-state index contributed by atoms with van der Waals surface area (Å²) >= 11 is 1.31. The summed E-state index contributed by atoms with van der Waals surface area (Å²) < 4.78 is 5.81. The maximum absolute atomic E-state index is 13.3. The summed E-state index contributed by atoms with van der Waals surface area (Å²) in [5, 5.41) is 9.40. The van der Waals surface area contributed by atoms with Crippen molar-refractivity contribution in [1.29, 1.82) is 5.26 Å². The van der Waals surface area contributed by atoms with E-state index in [1.807, 2.05) is 30.3 Å². The van der Waals surface area contributed by atoms with Crippen molar-refractivity contribution in [3.05, 3.63) is 131 Å². The van der Waals surface area contributed by atoms with Crippen LogP contribution in [0, 0.1) is 11.3 Å². The van der Waals surface area contributed by atoms with Gasteiger partial charge in [-0.05, 0) is 24.3 Å². The SMILES string of the molecule is N#Cc1ccccc1Sc1ccccc1C(=O)O[C@@H](C(=O)c1ccccc1)c1ccccc1.